The van der Waals surface area contributed by atoms with Crippen molar-refractivity contribution in [2.24, 2.45) is 10.4 Å². The van der Waals surface area contributed by atoms with Crippen molar-refractivity contribution in [3.63, 3.8) is 0 Å². The van der Waals surface area contributed by atoms with Crippen LogP contribution >= 0.6 is 0 Å². The number of nitrogens with zero attached hydrogens (tertiary/aromatic N) is 4. The summed E-state index contributed by atoms with van der Waals surface area (Å²) in [5, 5.41) is 11.7. The fourth-order valence-electron chi connectivity index (χ4n) is 4.42. The zero-order valence-electron chi connectivity index (χ0n) is 20.6. The summed E-state index contributed by atoms with van der Waals surface area (Å²) in [6.07, 6.45) is 15.0. The van der Waals surface area contributed by atoms with Gasteiger partial charge in [-0.1, -0.05) is 38.0 Å². The summed E-state index contributed by atoms with van der Waals surface area (Å²) < 4.78 is 0. The van der Waals surface area contributed by atoms with Crippen LogP contribution in [-0.2, 0) is 0 Å². The van der Waals surface area contributed by atoms with Gasteiger partial charge in [0.2, 0.25) is 0 Å². The molecule has 1 aliphatic carbocycles. The molecule has 1 amide bonds. The van der Waals surface area contributed by atoms with Crippen LogP contribution < -0.4 is 5.32 Å². The predicted molar refractivity (Wildman–Crippen MR) is 132 cm³/mol. The van der Waals surface area contributed by atoms with Crippen molar-refractivity contribution >= 4 is 11.6 Å². The lowest BCUT2D eigenvalue weighted by molar-refractivity contribution is 0.0948. The van der Waals surface area contributed by atoms with Gasteiger partial charge in [-0.15, -0.1) is 0 Å². The number of carbonyl (C=O) groups excluding carboxylic acids is 1. The number of H-pyrrole nitrogens is 1. The first kappa shape index (κ1) is 24.9. The molecule has 2 aliphatic rings. The molecule has 1 aliphatic heterocycles. The largest absolute Gasteiger partial charge is 0.346 e. The van der Waals surface area contributed by atoms with E-state index in [0.717, 1.165) is 38.2 Å². The van der Waals surface area contributed by atoms with Gasteiger partial charge in [-0.2, -0.15) is 5.26 Å². The van der Waals surface area contributed by atoms with Gasteiger partial charge in [-0.05, 0) is 70.5 Å². The molecule has 7 heteroatoms. The summed E-state index contributed by atoms with van der Waals surface area (Å²) >= 11 is 0. The number of allylic oxidation sites excluding steroid dienone is 1. The molecule has 33 heavy (non-hydrogen) atoms. The van der Waals surface area contributed by atoms with Crippen molar-refractivity contribution in [2.75, 3.05) is 26.2 Å². The average molecular weight is 451 g/mol. The van der Waals surface area contributed by atoms with Gasteiger partial charge < -0.3 is 10.3 Å². The first-order chi connectivity index (χ1) is 15.7. The van der Waals surface area contributed by atoms with Gasteiger partial charge in [0.15, 0.2) is 11.5 Å². The van der Waals surface area contributed by atoms with Gasteiger partial charge in [0, 0.05) is 12.7 Å². The number of carbonyl (C=O) groups is 1. The quantitative estimate of drug-likeness (QED) is 0.453. The minimum absolute atomic E-state index is 0.148. The fraction of sp³-hybridized carbons (Fsp3) is 0.615. The van der Waals surface area contributed by atoms with Crippen molar-refractivity contribution < 1.29 is 4.79 Å². The molecule has 1 saturated heterocycles. The lowest BCUT2D eigenvalue weighted by atomic mass is 9.78. The SMILES string of the molecule is CC1(C)CC=C(C/N=C(\C=C/CNC(=O)c2nc(C#N)c[nH]2)C(C)(C)N2CCCCC2)CC1. The predicted octanol–water partition coefficient (Wildman–Crippen LogP) is 4.41. The van der Waals surface area contributed by atoms with E-state index in [2.05, 4.69) is 60.0 Å². The number of hydrogen-bond acceptors (Lipinski definition) is 5. The van der Waals surface area contributed by atoms with Crippen LogP contribution in [0, 0.1) is 16.7 Å². The second-order valence-electron chi connectivity index (χ2n) is 10.4. The number of amides is 1. The van der Waals surface area contributed by atoms with Crippen molar-refractivity contribution in [1.29, 1.82) is 5.26 Å². The van der Waals surface area contributed by atoms with E-state index in [4.69, 9.17) is 10.3 Å². The Morgan fingerprint density at radius 2 is 2.12 bits per heavy atom. The summed E-state index contributed by atoms with van der Waals surface area (Å²) in [6.45, 7) is 12.5. The molecule has 0 spiro atoms. The number of aromatic amines is 1. The lowest BCUT2D eigenvalue weighted by Gasteiger charge is -2.41. The fourth-order valence-corrected chi connectivity index (χ4v) is 4.42. The molecule has 1 aromatic heterocycles. The van der Waals surface area contributed by atoms with E-state index in [1.165, 1.54) is 37.5 Å². The standard InChI is InChI=1S/C26H38N6O/c1-25(2)12-10-20(11-13-25)18-29-22(26(3,4)32-15-6-5-7-16-32)9-8-14-28-24(33)23-30-19-21(17-27)31-23/h8-10,19H,5-7,11-16,18H2,1-4H3,(H,28,33)(H,30,31)/b9-8-,29-22+. The smallest absolute Gasteiger partial charge is 0.287 e. The molecule has 2 N–H and O–H groups in total. The van der Waals surface area contributed by atoms with Crippen LogP contribution in [0.2, 0.25) is 0 Å². The number of aromatic nitrogens is 2. The molecule has 0 saturated carbocycles. The monoisotopic (exact) mass is 450 g/mol. The molecule has 0 radical (unpaired) electrons. The first-order valence-corrected chi connectivity index (χ1v) is 12.1. The maximum atomic E-state index is 12.3. The van der Waals surface area contributed by atoms with E-state index in [1.54, 1.807) is 0 Å². The molecule has 7 nitrogen and oxygen atoms in total. The lowest BCUT2D eigenvalue weighted by Crippen LogP contribution is -2.51. The Bertz CT molecular complexity index is 954. The average Bonchev–Trinajstić information content (AvgIpc) is 3.29. The highest BCUT2D eigenvalue weighted by atomic mass is 16.2. The zero-order chi connectivity index (χ0) is 23.9. The number of aliphatic imine (C=N–C) groups is 1. The topological polar surface area (TPSA) is 97.2 Å². The van der Waals surface area contributed by atoms with Gasteiger partial charge in [-0.3, -0.25) is 14.7 Å². The van der Waals surface area contributed by atoms with Crippen LogP contribution in [0.25, 0.3) is 0 Å². The van der Waals surface area contributed by atoms with Gasteiger partial charge >= 0.3 is 0 Å². The molecule has 0 atom stereocenters. The molecular weight excluding hydrogens is 412 g/mol. The molecule has 1 aromatic rings. The van der Waals surface area contributed by atoms with E-state index >= 15 is 0 Å². The minimum atomic E-state index is -0.329. The number of likely N-dealkylation sites (tertiary alicyclic amines) is 1. The normalized spacial score (nSPS) is 19.8. The van der Waals surface area contributed by atoms with Crippen molar-refractivity contribution in [3.8, 4) is 6.07 Å². The summed E-state index contributed by atoms with van der Waals surface area (Å²) in [5.74, 6) is -0.181. The van der Waals surface area contributed by atoms with Gasteiger partial charge in [0.25, 0.3) is 5.91 Å². The Balaban J connectivity index is 1.68. The number of piperidine rings is 1. The maximum Gasteiger partial charge on any atom is 0.287 e. The van der Waals surface area contributed by atoms with Gasteiger partial charge in [0.1, 0.15) is 6.07 Å². The molecule has 0 aromatic carbocycles. The summed E-state index contributed by atoms with van der Waals surface area (Å²) in [7, 11) is 0. The highest BCUT2D eigenvalue weighted by Crippen LogP contribution is 2.34. The molecule has 178 valence electrons. The summed E-state index contributed by atoms with van der Waals surface area (Å²) in [4.78, 5) is 26.5. The Morgan fingerprint density at radius 3 is 2.76 bits per heavy atom. The molecule has 0 unspecified atom stereocenters. The number of imidazole rings is 1. The molecule has 1 fully saturated rings. The van der Waals surface area contributed by atoms with Crippen LogP contribution in [-0.4, -0.2) is 58.2 Å². The van der Waals surface area contributed by atoms with Crippen LogP contribution in [0.3, 0.4) is 0 Å². The van der Waals surface area contributed by atoms with E-state index in [0.29, 0.717) is 12.0 Å². The Kier molecular flexibility index (Phi) is 8.25. The van der Waals surface area contributed by atoms with Gasteiger partial charge in [0.05, 0.1) is 17.8 Å². The van der Waals surface area contributed by atoms with Crippen LogP contribution in [0.1, 0.15) is 82.5 Å². The highest BCUT2D eigenvalue weighted by molar-refractivity contribution is 6.02. The summed E-state index contributed by atoms with van der Waals surface area (Å²) in [5.41, 5.74) is 2.90. The number of hydrogen-bond donors (Lipinski definition) is 2. The second-order valence-corrected chi connectivity index (χ2v) is 10.4. The van der Waals surface area contributed by atoms with E-state index in [-0.39, 0.29) is 23.0 Å². The third kappa shape index (κ3) is 6.88. The van der Waals surface area contributed by atoms with E-state index in [1.807, 2.05) is 12.1 Å². The number of nitrogens with one attached hydrogen (secondary N) is 2. The van der Waals surface area contributed by atoms with E-state index in [9.17, 15) is 4.79 Å². The summed E-state index contributed by atoms with van der Waals surface area (Å²) in [6, 6.07) is 1.92. The maximum absolute atomic E-state index is 12.3. The Morgan fingerprint density at radius 1 is 1.36 bits per heavy atom. The zero-order valence-corrected chi connectivity index (χ0v) is 20.6. The van der Waals surface area contributed by atoms with E-state index < -0.39 is 0 Å². The van der Waals surface area contributed by atoms with Crippen molar-refractivity contribution in [1.82, 2.24) is 20.2 Å². The van der Waals surface area contributed by atoms with Gasteiger partial charge in [-0.25, -0.2) is 4.98 Å². The Hall–Kier alpha value is -2.72. The number of nitriles is 1. The molecule has 0 bridgehead atoms. The molecular formula is C26H38N6O. The Labute approximate surface area is 198 Å². The van der Waals surface area contributed by atoms with Crippen LogP contribution in [0.15, 0.2) is 35.0 Å². The second kappa shape index (κ2) is 10.9. The van der Waals surface area contributed by atoms with Crippen LogP contribution in [0.4, 0.5) is 0 Å². The molecule has 2 heterocycles. The number of rotatable bonds is 8. The van der Waals surface area contributed by atoms with Crippen LogP contribution in [0.5, 0.6) is 0 Å². The highest BCUT2D eigenvalue weighted by Gasteiger charge is 2.32. The third-order valence-electron chi connectivity index (χ3n) is 6.86. The first-order valence-electron chi connectivity index (χ1n) is 12.1. The third-order valence-corrected chi connectivity index (χ3v) is 6.86. The minimum Gasteiger partial charge on any atom is -0.346 e. The van der Waals surface area contributed by atoms with Crippen molar-refractivity contribution in [3.05, 3.63) is 41.5 Å². The molecule has 3 rings (SSSR count). The van der Waals surface area contributed by atoms with Crippen molar-refractivity contribution in [2.45, 2.75) is 71.8 Å².